The van der Waals surface area contributed by atoms with Crippen LogP contribution in [-0.4, -0.2) is 68.8 Å². The van der Waals surface area contributed by atoms with Gasteiger partial charge in [0.15, 0.2) is 11.4 Å². The minimum absolute atomic E-state index is 0.352. The summed E-state index contributed by atoms with van der Waals surface area (Å²) >= 11 is 0. The molecule has 0 amide bonds. The zero-order valence-electron chi connectivity index (χ0n) is 20.6. The molecule has 1 N–H and O–H groups in total. The molecule has 0 saturated carbocycles. The smallest absolute Gasteiger partial charge is 0.158 e. The lowest BCUT2D eigenvalue weighted by atomic mass is 10.1. The predicted octanol–water partition coefficient (Wildman–Crippen LogP) is 4.03. The van der Waals surface area contributed by atoms with E-state index in [1.165, 1.54) is 6.33 Å². The third kappa shape index (κ3) is 3.86. The average molecular weight is 495 g/mol. The van der Waals surface area contributed by atoms with Crippen molar-refractivity contribution in [2.24, 2.45) is 0 Å². The molecule has 2 aromatic carbocycles. The predicted molar refractivity (Wildman–Crippen MR) is 141 cm³/mol. The number of likely N-dealkylation sites (N-methyl/N-ethyl adjacent to an activating group) is 1. The van der Waals surface area contributed by atoms with Gasteiger partial charge >= 0.3 is 0 Å². The van der Waals surface area contributed by atoms with Gasteiger partial charge in [-0.15, -0.1) is 0 Å². The largest absolute Gasteiger partial charge is 0.488 e. The van der Waals surface area contributed by atoms with Gasteiger partial charge in [-0.2, -0.15) is 5.10 Å². The van der Waals surface area contributed by atoms with E-state index in [2.05, 4.69) is 54.3 Å². The molecule has 1 saturated heterocycles. The van der Waals surface area contributed by atoms with Crippen LogP contribution in [0.5, 0.6) is 17.2 Å². The molecule has 0 aliphatic carbocycles. The maximum absolute atomic E-state index is 6.35. The molecular weight excluding hydrogens is 468 g/mol. The van der Waals surface area contributed by atoms with Crippen LogP contribution in [-0.2, 0) is 0 Å². The number of fused-ring (bicyclic) bond motifs is 6. The molecule has 0 bridgehead atoms. The normalized spacial score (nSPS) is 17.4. The first-order valence-corrected chi connectivity index (χ1v) is 12.3. The number of anilines is 3. The van der Waals surface area contributed by atoms with Crippen LogP contribution in [0.1, 0.15) is 5.56 Å². The first-order valence-electron chi connectivity index (χ1n) is 12.3. The highest BCUT2D eigenvalue weighted by Gasteiger charge is 2.33. The molecule has 3 aromatic heterocycles. The molecule has 1 unspecified atom stereocenters. The number of benzene rings is 2. The van der Waals surface area contributed by atoms with Gasteiger partial charge in [-0.05, 0) is 55.9 Å². The highest BCUT2D eigenvalue weighted by molar-refractivity contribution is 6.00. The molecule has 0 spiro atoms. The van der Waals surface area contributed by atoms with Crippen LogP contribution < -0.4 is 19.7 Å². The third-order valence-electron chi connectivity index (χ3n) is 7.07. The summed E-state index contributed by atoms with van der Waals surface area (Å²) in [4.78, 5) is 18.1. The van der Waals surface area contributed by atoms with Gasteiger partial charge in [-0.1, -0.05) is 0 Å². The van der Waals surface area contributed by atoms with E-state index in [0.717, 1.165) is 70.4 Å². The lowest BCUT2D eigenvalue weighted by molar-refractivity contribution is 0.190. The quantitative estimate of drug-likeness (QED) is 0.397. The molecule has 7 rings (SSSR count). The van der Waals surface area contributed by atoms with Crippen molar-refractivity contribution in [3.8, 4) is 17.2 Å². The summed E-state index contributed by atoms with van der Waals surface area (Å²) in [5, 5.41) is 8.52. The average Bonchev–Trinajstić information content (AvgIpc) is 3.38. The zero-order valence-corrected chi connectivity index (χ0v) is 20.6. The Bertz CT molecular complexity index is 1630. The molecule has 37 heavy (non-hydrogen) atoms. The monoisotopic (exact) mass is 494 g/mol. The van der Waals surface area contributed by atoms with E-state index in [-0.39, 0.29) is 0 Å². The molecular formula is C27H26N8O2. The lowest BCUT2D eigenvalue weighted by Crippen LogP contribution is -2.56. The highest BCUT2D eigenvalue weighted by Crippen LogP contribution is 2.43. The molecule has 0 radical (unpaired) electrons. The van der Waals surface area contributed by atoms with Gasteiger partial charge in [0.2, 0.25) is 0 Å². The third-order valence-corrected chi connectivity index (χ3v) is 7.07. The molecule has 10 nitrogen and oxygen atoms in total. The number of ether oxygens (including phenoxy) is 2. The van der Waals surface area contributed by atoms with E-state index >= 15 is 0 Å². The van der Waals surface area contributed by atoms with E-state index in [1.807, 2.05) is 43.5 Å². The van der Waals surface area contributed by atoms with Gasteiger partial charge in [0, 0.05) is 37.6 Å². The van der Waals surface area contributed by atoms with E-state index in [1.54, 1.807) is 10.8 Å². The van der Waals surface area contributed by atoms with Crippen molar-refractivity contribution in [1.82, 2.24) is 29.5 Å². The molecule has 5 heterocycles. The Morgan fingerprint density at radius 3 is 2.89 bits per heavy atom. The number of pyridine rings is 1. The number of aryl methyl sites for hydroxylation is 1. The van der Waals surface area contributed by atoms with Crippen LogP contribution in [0.4, 0.5) is 17.2 Å². The number of rotatable bonds is 4. The van der Waals surface area contributed by atoms with Gasteiger partial charge in [0.1, 0.15) is 36.6 Å². The number of hydrogen-bond donors (Lipinski definition) is 1. The van der Waals surface area contributed by atoms with Crippen molar-refractivity contribution < 1.29 is 9.47 Å². The second-order valence-corrected chi connectivity index (χ2v) is 9.58. The molecule has 5 aromatic rings. The van der Waals surface area contributed by atoms with Crippen molar-refractivity contribution in [2.45, 2.75) is 13.0 Å². The standard InChI is InChI=1S/C27H26N8O2/c1-17-11-18(3-6-23(17)37-20-7-8-35-24(12-20)29-16-31-35)32-27-25-21(28-15-30-27)4-5-22-26(25)36-14-19-13-33(2)9-10-34(19)22/h3-8,11-12,15-16,19H,9-10,13-14H2,1-2H3,(H,28,30,32). The van der Waals surface area contributed by atoms with Crippen LogP contribution in [0.2, 0.25) is 0 Å². The number of nitrogens with one attached hydrogen (secondary N) is 1. The van der Waals surface area contributed by atoms with Crippen LogP contribution in [0, 0.1) is 6.92 Å². The van der Waals surface area contributed by atoms with Gasteiger partial charge in [-0.25, -0.2) is 19.5 Å². The Morgan fingerprint density at radius 1 is 1.03 bits per heavy atom. The van der Waals surface area contributed by atoms with Crippen LogP contribution in [0.3, 0.4) is 0 Å². The number of hydrogen-bond acceptors (Lipinski definition) is 9. The SMILES string of the molecule is Cc1cc(Nc2ncnc3ccc4c(c23)OCC2CN(C)CCN42)ccc1Oc1ccn2ncnc2c1. The summed E-state index contributed by atoms with van der Waals surface area (Å²) in [7, 11) is 2.16. The van der Waals surface area contributed by atoms with E-state index in [4.69, 9.17) is 9.47 Å². The number of aromatic nitrogens is 5. The summed E-state index contributed by atoms with van der Waals surface area (Å²) in [6.45, 7) is 5.67. The summed E-state index contributed by atoms with van der Waals surface area (Å²) in [5.41, 5.74) is 4.59. The molecule has 1 atom stereocenters. The van der Waals surface area contributed by atoms with Crippen molar-refractivity contribution in [3.05, 3.63) is 66.9 Å². The molecule has 186 valence electrons. The van der Waals surface area contributed by atoms with E-state index in [9.17, 15) is 0 Å². The fourth-order valence-corrected chi connectivity index (χ4v) is 5.19. The fourth-order valence-electron chi connectivity index (χ4n) is 5.19. The van der Waals surface area contributed by atoms with Crippen LogP contribution >= 0.6 is 0 Å². The van der Waals surface area contributed by atoms with Crippen molar-refractivity contribution in [2.75, 3.05) is 43.5 Å². The Kier molecular flexibility index (Phi) is 5.07. The Morgan fingerprint density at radius 2 is 1.97 bits per heavy atom. The minimum Gasteiger partial charge on any atom is -0.488 e. The van der Waals surface area contributed by atoms with Gasteiger partial charge in [0.05, 0.1) is 22.6 Å². The first kappa shape index (κ1) is 21.8. The maximum atomic E-state index is 6.35. The van der Waals surface area contributed by atoms with Crippen LogP contribution in [0.25, 0.3) is 16.6 Å². The van der Waals surface area contributed by atoms with Gasteiger partial charge in [-0.3, -0.25) is 0 Å². The number of piperazine rings is 1. The summed E-state index contributed by atoms with van der Waals surface area (Å²) in [6.07, 6.45) is 4.94. The molecule has 2 aliphatic rings. The Hall–Kier alpha value is -4.44. The molecule has 2 aliphatic heterocycles. The van der Waals surface area contributed by atoms with Crippen LogP contribution in [0.15, 0.2) is 61.3 Å². The Labute approximate surface area is 213 Å². The summed E-state index contributed by atoms with van der Waals surface area (Å²) < 4.78 is 14.2. The fraction of sp³-hybridized carbons (Fsp3) is 0.259. The maximum Gasteiger partial charge on any atom is 0.158 e. The summed E-state index contributed by atoms with van der Waals surface area (Å²) in [6, 6.07) is 14.2. The highest BCUT2D eigenvalue weighted by atomic mass is 16.5. The first-order chi connectivity index (χ1) is 18.1. The minimum atomic E-state index is 0.352. The van der Waals surface area contributed by atoms with E-state index in [0.29, 0.717) is 18.4 Å². The topological polar surface area (TPSA) is 92.9 Å². The van der Waals surface area contributed by atoms with Crippen molar-refractivity contribution in [1.29, 1.82) is 0 Å². The van der Waals surface area contributed by atoms with Crippen molar-refractivity contribution >= 4 is 33.7 Å². The number of nitrogens with zero attached hydrogens (tertiary/aromatic N) is 7. The van der Waals surface area contributed by atoms with E-state index < -0.39 is 0 Å². The second kappa shape index (κ2) is 8.59. The van der Waals surface area contributed by atoms with Gasteiger partial charge < -0.3 is 24.6 Å². The zero-order chi connectivity index (χ0) is 24.9. The molecule has 10 heteroatoms. The Balaban J connectivity index is 1.19. The van der Waals surface area contributed by atoms with Gasteiger partial charge in [0.25, 0.3) is 0 Å². The lowest BCUT2D eigenvalue weighted by Gasteiger charge is -2.44. The second-order valence-electron chi connectivity index (χ2n) is 9.58. The summed E-state index contributed by atoms with van der Waals surface area (Å²) in [5.74, 6) is 3.04. The van der Waals surface area contributed by atoms with Crippen molar-refractivity contribution in [3.63, 3.8) is 0 Å². The molecule has 1 fully saturated rings.